The van der Waals surface area contributed by atoms with E-state index in [9.17, 15) is 4.79 Å². The second-order valence-electron chi connectivity index (χ2n) is 4.50. The highest BCUT2D eigenvalue weighted by Gasteiger charge is 2.05. The number of hydrogen-bond acceptors (Lipinski definition) is 4. The first-order valence-electron chi connectivity index (χ1n) is 6.46. The van der Waals surface area contributed by atoms with Gasteiger partial charge < -0.3 is 15.8 Å². The Labute approximate surface area is 123 Å². The average molecular weight is 286 g/mol. The molecular weight excluding hydrogens is 268 g/mol. The Bertz CT molecular complexity index is 644. The van der Waals surface area contributed by atoms with Gasteiger partial charge in [-0.15, -0.1) is 0 Å². The highest BCUT2D eigenvalue weighted by atomic mass is 16.5. The summed E-state index contributed by atoms with van der Waals surface area (Å²) in [5.41, 5.74) is 7.52. The number of aryl methyl sites for hydroxylation is 1. The standard InChI is InChI=1S/C15H18N4O2/c1-19-15(16)12(10-18-19)9-17-14(20)8-5-11-3-6-13(21-2)7-4-11/h3-8,10H,9,16H2,1-2H3,(H,17,20). The number of rotatable bonds is 5. The summed E-state index contributed by atoms with van der Waals surface area (Å²) in [6.07, 6.45) is 4.86. The van der Waals surface area contributed by atoms with Crippen LogP contribution in [0.5, 0.6) is 5.75 Å². The Morgan fingerprint density at radius 3 is 2.71 bits per heavy atom. The number of carbonyl (C=O) groups is 1. The summed E-state index contributed by atoms with van der Waals surface area (Å²) in [6, 6.07) is 7.44. The summed E-state index contributed by atoms with van der Waals surface area (Å²) in [5.74, 6) is 1.15. The Morgan fingerprint density at radius 2 is 2.14 bits per heavy atom. The highest BCUT2D eigenvalue weighted by Crippen LogP contribution is 2.12. The SMILES string of the molecule is COc1ccc(C=CC(=O)NCc2cnn(C)c2N)cc1. The van der Waals surface area contributed by atoms with E-state index < -0.39 is 0 Å². The van der Waals surface area contributed by atoms with E-state index >= 15 is 0 Å². The van der Waals surface area contributed by atoms with Gasteiger partial charge >= 0.3 is 0 Å². The van der Waals surface area contributed by atoms with Gasteiger partial charge in [-0.1, -0.05) is 12.1 Å². The van der Waals surface area contributed by atoms with Gasteiger partial charge in [-0.3, -0.25) is 9.48 Å². The number of carbonyl (C=O) groups excluding carboxylic acids is 1. The maximum atomic E-state index is 11.7. The number of nitrogens with one attached hydrogen (secondary N) is 1. The minimum absolute atomic E-state index is 0.186. The van der Waals surface area contributed by atoms with Gasteiger partial charge in [0.1, 0.15) is 11.6 Å². The van der Waals surface area contributed by atoms with Crippen molar-refractivity contribution in [1.82, 2.24) is 15.1 Å². The molecule has 0 spiro atoms. The third-order valence-corrected chi connectivity index (χ3v) is 3.06. The van der Waals surface area contributed by atoms with Crippen LogP contribution in [0.1, 0.15) is 11.1 Å². The molecule has 1 aromatic heterocycles. The zero-order valence-electron chi connectivity index (χ0n) is 12.0. The summed E-state index contributed by atoms with van der Waals surface area (Å²) < 4.78 is 6.64. The number of aromatic nitrogens is 2. The van der Waals surface area contributed by atoms with Gasteiger partial charge in [0.05, 0.1) is 13.3 Å². The Hall–Kier alpha value is -2.76. The quantitative estimate of drug-likeness (QED) is 0.813. The van der Waals surface area contributed by atoms with Gasteiger partial charge in [0.15, 0.2) is 0 Å². The van der Waals surface area contributed by atoms with E-state index in [1.165, 1.54) is 6.08 Å². The first kappa shape index (κ1) is 14.6. The lowest BCUT2D eigenvalue weighted by atomic mass is 10.2. The van der Waals surface area contributed by atoms with Crippen molar-refractivity contribution in [2.45, 2.75) is 6.54 Å². The van der Waals surface area contributed by atoms with Crippen LogP contribution in [0.3, 0.4) is 0 Å². The van der Waals surface area contributed by atoms with Gasteiger partial charge in [-0.2, -0.15) is 5.10 Å². The minimum atomic E-state index is -0.186. The molecule has 0 saturated heterocycles. The molecule has 0 saturated carbocycles. The fourth-order valence-corrected chi connectivity index (χ4v) is 1.76. The smallest absolute Gasteiger partial charge is 0.244 e. The topological polar surface area (TPSA) is 82.2 Å². The van der Waals surface area contributed by atoms with Crippen molar-refractivity contribution in [3.05, 3.63) is 47.7 Å². The molecule has 0 aliphatic carbocycles. The second kappa shape index (κ2) is 6.60. The molecule has 0 aliphatic heterocycles. The molecule has 2 aromatic rings. The van der Waals surface area contributed by atoms with E-state index in [-0.39, 0.29) is 5.91 Å². The summed E-state index contributed by atoms with van der Waals surface area (Å²) in [6.45, 7) is 0.353. The maximum Gasteiger partial charge on any atom is 0.244 e. The summed E-state index contributed by atoms with van der Waals surface area (Å²) >= 11 is 0. The number of hydrogen-bond donors (Lipinski definition) is 2. The zero-order chi connectivity index (χ0) is 15.2. The lowest BCUT2D eigenvalue weighted by Gasteiger charge is -2.02. The predicted octanol–water partition coefficient (Wildman–Crippen LogP) is 1.34. The molecule has 0 radical (unpaired) electrons. The fourth-order valence-electron chi connectivity index (χ4n) is 1.76. The van der Waals surface area contributed by atoms with Crippen molar-refractivity contribution in [3.8, 4) is 5.75 Å². The first-order valence-corrected chi connectivity index (χ1v) is 6.46. The third kappa shape index (κ3) is 3.85. The molecule has 1 aromatic carbocycles. The van der Waals surface area contributed by atoms with Crippen molar-refractivity contribution < 1.29 is 9.53 Å². The average Bonchev–Trinajstić information content (AvgIpc) is 2.83. The Morgan fingerprint density at radius 1 is 1.43 bits per heavy atom. The van der Waals surface area contributed by atoms with Crippen molar-refractivity contribution in [3.63, 3.8) is 0 Å². The molecule has 0 atom stereocenters. The van der Waals surface area contributed by atoms with Crippen LogP contribution in [-0.4, -0.2) is 22.8 Å². The molecule has 0 aliphatic rings. The van der Waals surface area contributed by atoms with E-state index in [0.717, 1.165) is 16.9 Å². The van der Waals surface area contributed by atoms with Crippen LogP contribution in [0.4, 0.5) is 5.82 Å². The molecule has 1 amide bonds. The van der Waals surface area contributed by atoms with Gasteiger partial charge in [0.2, 0.25) is 5.91 Å². The van der Waals surface area contributed by atoms with Gasteiger partial charge in [0.25, 0.3) is 0 Å². The molecule has 0 fully saturated rings. The van der Waals surface area contributed by atoms with E-state index in [4.69, 9.17) is 10.5 Å². The number of nitrogen functional groups attached to an aromatic ring is 1. The molecule has 0 bridgehead atoms. The second-order valence-corrected chi connectivity index (χ2v) is 4.50. The third-order valence-electron chi connectivity index (χ3n) is 3.06. The molecule has 3 N–H and O–H groups in total. The van der Waals surface area contributed by atoms with Crippen LogP contribution >= 0.6 is 0 Å². The summed E-state index contributed by atoms with van der Waals surface area (Å²) in [4.78, 5) is 11.7. The largest absolute Gasteiger partial charge is 0.497 e. The van der Waals surface area contributed by atoms with Gasteiger partial charge in [0, 0.05) is 25.2 Å². The van der Waals surface area contributed by atoms with Gasteiger partial charge in [-0.25, -0.2) is 0 Å². The molecule has 21 heavy (non-hydrogen) atoms. The lowest BCUT2D eigenvalue weighted by molar-refractivity contribution is -0.116. The normalized spacial score (nSPS) is 10.8. The van der Waals surface area contributed by atoms with Crippen molar-refractivity contribution in [2.24, 2.45) is 7.05 Å². The molecule has 0 unspecified atom stereocenters. The number of methoxy groups -OCH3 is 1. The minimum Gasteiger partial charge on any atom is -0.497 e. The number of amides is 1. The van der Waals surface area contributed by atoms with E-state index in [2.05, 4.69) is 10.4 Å². The van der Waals surface area contributed by atoms with Crippen molar-refractivity contribution in [1.29, 1.82) is 0 Å². The molecule has 2 rings (SSSR count). The molecule has 6 heteroatoms. The van der Waals surface area contributed by atoms with E-state index in [1.54, 1.807) is 31.1 Å². The fraction of sp³-hybridized carbons (Fsp3) is 0.200. The van der Waals surface area contributed by atoms with Crippen molar-refractivity contribution >= 4 is 17.8 Å². The van der Waals surface area contributed by atoms with E-state index in [0.29, 0.717) is 12.4 Å². The number of ether oxygens (including phenoxy) is 1. The van der Waals surface area contributed by atoms with Crippen molar-refractivity contribution in [2.75, 3.05) is 12.8 Å². The lowest BCUT2D eigenvalue weighted by Crippen LogP contribution is -2.20. The number of nitrogens with zero attached hydrogens (tertiary/aromatic N) is 2. The monoisotopic (exact) mass is 286 g/mol. The highest BCUT2D eigenvalue weighted by molar-refractivity contribution is 5.91. The molecule has 110 valence electrons. The van der Waals surface area contributed by atoms with E-state index in [1.807, 2.05) is 24.3 Å². The van der Waals surface area contributed by atoms with Crippen LogP contribution < -0.4 is 15.8 Å². The number of anilines is 1. The van der Waals surface area contributed by atoms with Crippen LogP contribution in [-0.2, 0) is 18.4 Å². The number of nitrogens with two attached hydrogens (primary N) is 1. The number of benzene rings is 1. The van der Waals surface area contributed by atoms with Crippen LogP contribution in [0.2, 0.25) is 0 Å². The van der Waals surface area contributed by atoms with Crippen LogP contribution in [0, 0.1) is 0 Å². The molecule has 1 heterocycles. The first-order chi connectivity index (χ1) is 10.1. The predicted molar refractivity (Wildman–Crippen MR) is 81.5 cm³/mol. The molecule has 6 nitrogen and oxygen atoms in total. The summed E-state index contributed by atoms with van der Waals surface area (Å²) in [5, 5.41) is 6.78. The summed E-state index contributed by atoms with van der Waals surface area (Å²) in [7, 11) is 3.37. The maximum absolute atomic E-state index is 11.7. The molecular formula is C15H18N4O2. The van der Waals surface area contributed by atoms with Gasteiger partial charge in [-0.05, 0) is 23.8 Å². The Balaban J connectivity index is 1.88. The zero-order valence-corrected chi connectivity index (χ0v) is 12.0. The Kier molecular flexibility index (Phi) is 4.61. The van der Waals surface area contributed by atoms with Crippen LogP contribution in [0.15, 0.2) is 36.5 Å². The van der Waals surface area contributed by atoms with Crippen LogP contribution in [0.25, 0.3) is 6.08 Å².